The number of rotatable bonds is 7. The number of fused-ring (bicyclic) bond motifs is 1. The van der Waals surface area contributed by atoms with Crippen LogP contribution in [0.1, 0.15) is 59.4 Å². The fraction of sp³-hybridized carbons (Fsp3) is 0.333. The van der Waals surface area contributed by atoms with Crippen LogP contribution in [0.25, 0.3) is 44.7 Å². The van der Waals surface area contributed by atoms with E-state index in [1.54, 1.807) is 18.5 Å². The van der Waals surface area contributed by atoms with Crippen molar-refractivity contribution < 1.29 is 13.9 Å². The smallest absolute Gasteiger partial charge is 0.408 e. The molecule has 0 unspecified atom stereocenters. The summed E-state index contributed by atoms with van der Waals surface area (Å²) in [6.07, 6.45) is 7.58. The van der Waals surface area contributed by atoms with Crippen LogP contribution in [0.5, 0.6) is 0 Å². The number of hydrogen-bond acceptors (Lipinski definition) is 6. The number of amides is 1. The number of benzene rings is 2. The standard InChI is InChI=1S/C36H38N4O4/c1-23(2)21-40-22-26(20-38-40)30-33-28(16-19-37-30)31(41)29(32(43-33)25-10-7-6-8-11-25)24-12-14-27(15-13-24)36(17-9-18-36)39-34(42)44-35(3,4)5/h6-8,10-16,19-20,22-23H,9,17-18,21H2,1-5H3,(H,39,42). The van der Waals surface area contributed by atoms with Crippen LogP contribution in [0, 0.1) is 5.92 Å². The molecule has 2 aromatic carbocycles. The molecule has 8 nitrogen and oxygen atoms in total. The lowest BCUT2D eigenvalue weighted by atomic mass is 9.71. The highest BCUT2D eigenvalue weighted by Crippen LogP contribution is 2.43. The third-order valence-electron chi connectivity index (χ3n) is 7.98. The Labute approximate surface area is 257 Å². The lowest BCUT2D eigenvalue weighted by Crippen LogP contribution is -2.52. The van der Waals surface area contributed by atoms with Gasteiger partial charge in [-0.2, -0.15) is 5.10 Å². The normalized spacial score (nSPS) is 14.4. The maximum absolute atomic E-state index is 14.3. The minimum Gasteiger partial charge on any atom is -0.453 e. The molecule has 1 aliphatic carbocycles. The molecule has 1 saturated carbocycles. The molecule has 0 aliphatic heterocycles. The molecule has 1 amide bonds. The van der Waals surface area contributed by atoms with Gasteiger partial charge in [-0.3, -0.25) is 14.5 Å². The van der Waals surface area contributed by atoms with Crippen molar-refractivity contribution in [1.82, 2.24) is 20.1 Å². The fourth-order valence-electron chi connectivity index (χ4n) is 5.81. The number of aromatic nitrogens is 3. The molecule has 8 heteroatoms. The monoisotopic (exact) mass is 590 g/mol. The van der Waals surface area contributed by atoms with Crippen LogP contribution in [0.2, 0.25) is 0 Å². The zero-order valence-electron chi connectivity index (χ0n) is 25.9. The third kappa shape index (κ3) is 5.76. The summed E-state index contributed by atoms with van der Waals surface area (Å²) in [6.45, 7) is 10.6. The highest BCUT2D eigenvalue weighted by Gasteiger charge is 2.41. The summed E-state index contributed by atoms with van der Waals surface area (Å²) in [6, 6.07) is 19.2. The van der Waals surface area contributed by atoms with Crippen LogP contribution < -0.4 is 10.7 Å². The molecule has 1 fully saturated rings. The van der Waals surface area contributed by atoms with Crippen molar-refractivity contribution >= 4 is 17.1 Å². The van der Waals surface area contributed by atoms with Gasteiger partial charge in [0.1, 0.15) is 17.1 Å². The number of alkyl carbamates (subject to hydrolysis) is 1. The van der Waals surface area contributed by atoms with Crippen LogP contribution in [-0.2, 0) is 16.8 Å². The summed E-state index contributed by atoms with van der Waals surface area (Å²) in [4.78, 5) is 31.6. The summed E-state index contributed by atoms with van der Waals surface area (Å²) in [7, 11) is 0. The van der Waals surface area contributed by atoms with Gasteiger partial charge in [0.2, 0.25) is 5.43 Å². The number of pyridine rings is 1. The second-order valence-corrected chi connectivity index (χ2v) is 13.0. The van der Waals surface area contributed by atoms with E-state index in [4.69, 9.17) is 9.15 Å². The van der Waals surface area contributed by atoms with E-state index in [-0.39, 0.29) is 5.43 Å². The van der Waals surface area contributed by atoms with Crippen molar-refractivity contribution in [3.8, 4) is 33.7 Å². The Hall–Kier alpha value is -4.72. The van der Waals surface area contributed by atoms with Crippen molar-refractivity contribution in [2.45, 2.75) is 71.6 Å². The Kier molecular flexibility index (Phi) is 7.61. The topological polar surface area (TPSA) is 99.2 Å². The van der Waals surface area contributed by atoms with Gasteiger partial charge in [0.05, 0.1) is 22.7 Å². The fourth-order valence-corrected chi connectivity index (χ4v) is 5.81. The van der Waals surface area contributed by atoms with Crippen molar-refractivity contribution in [1.29, 1.82) is 0 Å². The molecular weight excluding hydrogens is 552 g/mol. The quantitative estimate of drug-likeness (QED) is 0.207. The van der Waals surface area contributed by atoms with Crippen molar-refractivity contribution in [2.24, 2.45) is 5.92 Å². The Bertz CT molecular complexity index is 1860. The second-order valence-electron chi connectivity index (χ2n) is 13.0. The molecule has 6 rings (SSSR count). The molecule has 0 radical (unpaired) electrons. The van der Waals surface area contributed by atoms with Gasteiger partial charge in [-0.25, -0.2) is 4.79 Å². The van der Waals surface area contributed by atoms with Crippen LogP contribution in [-0.4, -0.2) is 26.5 Å². The van der Waals surface area contributed by atoms with Crippen molar-refractivity contribution in [3.05, 3.63) is 95.0 Å². The van der Waals surface area contributed by atoms with Gasteiger partial charge in [0.25, 0.3) is 0 Å². The van der Waals surface area contributed by atoms with E-state index in [1.807, 2.05) is 86.2 Å². The van der Waals surface area contributed by atoms with Gasteiger partial charge in [-0.05, 0) is 63.1 Å². The van der Waals surface area contributed by atoms with E-state index in [0.717, 1.165) is 48.1 Å². The van der Waals surface area contributed by atoms with Gasteiger partial charge in [-0.15, -0.1) is 0 Å². The van der Waals surface area contributed by atoms with Gasteiger partial charge in [0, 0.05) is 30.1 Å². The average Bonchev–Trinajstić information content (AvgIpc) is 3.42. The number of carbonyl (C=O) groups excluding carboxylic acids is 1. The van der Waals surface area contributed by atoms with E-state index < -0.39 is 17.2 Å². The largest absolute Gasteiger partial charge is 0.453 e. The molecule has 0 saturated heterocycles. The summed E-state index contributed by atoms with van der Waals surface area (Å²) in [5.74, 6) is 0.914. The Morgan fingerprint density at radius 3 is 2.39 bits per heavy atom. The first kappa shape index (κ1) is 29.4. The molecule has 0 spiro atoms. The Morgan fingerprint density at radius 2 is 1.75 bits per heavy atom. The number of hydrogen-bond donors (Lipinski definition) is 1. The first-order valence-corrected chi connectivity index (χ1v) is 15.2. The molecule has 0 atom stereocenters. The molecule has 3 aromatic heterocycles. The second kappa shape index (κ2) is 11.4. The lowest BCUT2D eigenvalue weighted by Gasteiger charge is -2.43. The Balaban J connectivity index is 1.44. The van der Waals surface area contributed by atoms with E-state index in [1.165, 1.54) is 0 Å². The first-order chi connectivity index (χ1) is 21.0. The van der Waals surface area contributed by atoms with E-state index >= 15 is 0 Å². The van der Waals surface area contributed by atoms with E-state index in [9.17, 15) is 9.59 Å². The van der Waals surface area contributed by atoms with Crippen LogP contribution >= 0.6 is 0 Å². The van der Waals surface area contributed by atoms with Gasteiger partial charge in [0.15, 0.2) is 5.58 Å². The average molecular weight is 591 g/mol. The third-order valence-corrected chi connectivity index (χ3v) is 7.98. The van der Waals surface area contributed by atoms with Gasteiger partial charge < -0.3 is 14.5 Å². The molecule has 44 heavy (non-hydrogen) atoms. The summed E-state index contributed by atoms with van der Waals surface area (Å²) < 4.78 is 14.1. The van der Waals surface area contributed by atoms with E-state index in [0.29, 0.717) is 33.9 Å². The van der Waals surface area contributed by atoms with Crippen molar-refractivity contribution in [2.75, 3.05) is 0 Å². The zero-order valence-corrected chi connectivity index (χ0v) is 25.9. The van der Waals surface area contributed by atoms with Crippen LogP contribution in [0.3, 0.4) is 0 Å². The highest BCUT2D eigenvalue weighted by molar-refractivity contribution is 5.95. The minimum atomic E-state index is -0.583. The summed E-state index contributed by atoms with van der Waals surface area (Å²) in [5.41, 5.74) is 3.57. The number of ether oxygens (including phenoxy) is 1. The predicted octanol–water partition coefficient (Wildman–Crippen LogP) is 7.95. The summed E-state index contributed by atoms with van der Waals surface area (Å²) >= 11 is 0. The summed E-state index contributed by atoms with van der Waals surface area (Å²) in [5, 5.41) is 8.07. The first-order valence-electron chi connectivity index (χ1n) is 15.2. The minimum absolute atomic E-state index is 0.138. The number of carbonyl (C=O) groups is 1. The van der Waals surface area contributed by atoms with Crippen LogP contribution in [0.15, 0.2) is 88.5 Å². The van der Waals surface area contributed by atoms with Crippen molar-refractivity contribution in [3.63, 3.8) is 0 Å². The Morgan fingerprint density at radius 1 is 1.02 bits per heavy atom. The molecule has 226 valence electrons. The lowest BCUT2D eigenvalue weighted by molar-refractivity contribution is 0.0377. The van der Waals surface area contributed by atoms with E-state index in [2.05, 4.69) is 29.2 Å². The van der Waals surface area contributed by atoms with Gasteiger partial charge in [-0.1, -0.05) is 68.4 Å². The molecule has 3 heterocycles. The maximum atomic E-state index is 14.3. The molecule has 1 N–H and O–H groups in total. The molecule has 0 bridgehead atoms. The number of nitrogens with one attached hydrogen (secondary N) is 1. The zero-order chi connectivity index (χ0) is 31.1. The SMILES string of the molecule is CC(C)Cn1cc(-c2nccc3c(=O)c(-c4ccc(C5(NC(=O)OC(C)(C)C)CCC5)cc4)c(-c4ccccc4)oc23)cn1. The molecule has 1 aliphatic rings. The molecular formula is C36H38N4O4. The van der Waals surface area contributed by atoms with Gasteiger partial charge >= 0.3 is 6.09 Å². The predicted molar refractivity (Wildman–Crippen MR) is 172 cm³/mol. The maximum Gasteiger partial charge on any atom is 0.408 e. The highest BCUT2D eigenvalue weighted by atomic mass is 16.6. The number of nitrogens with zero attached hydrogens (tertiary/aromatic N) is 3. The molecule has 5 aromatic rings. The van der Waals surface area contributed by atoms with Crippen LogP contribution in [0.4, 0.5) is 4.79 Å².